The standard InChI is InChI=1S/C9H15O2P/c1-11-12(10)7-6-8-4-2-3-5-9(8)12/h2-7H2,1H3. The zero-order valence-corrected chi connectivity index (χ0v) is 8.40. The molecule has 1 aliphatic heterocycles. The molecule has 2 rings (SSSR count). The van der Waals surface area contributed by atoms with E-state index >= 15 is 0 Å². The summed E-state index contributed by atoms with van der Waals surface area (Å²) < 4.78 is 17.2. The highest BCUT2D eigenvalue weighted by atomic mass is 31.2. The maximum Gasteiger partial charge on any atom is 0.228 e. The highest BCUT2D eigenvalue weighted by Crippen LogP contribution is 2.64. The summed E-state index contributed by atoms with van der Waals surface area (Å²) in [5.74, 6) is 0. The first-order valence-electron chi connectivity index (χ1n) is 4.62. The van der Waals surface area contributed by atoms with Crippen LogP contribution >= 0.6 is 7.37 Å². The second-order valence-electron chi connectivity index (χ2n) is 3.59. The molecule has 68 valence electrons. The molecule has 12 heavy (non-hydrogen) atoms. The lowest BCUT2D eigenvalue weighted by Gasteiger charge is -2.17. The normalized spacial score (nSPS) is 35.4. The molecule has 0 saturated heterocycles. The largest absolute Gasteiger partial charge is 0.329 e. The SMILES string of the molecule is COP1(=O)CCC2=C1CCCC2. The van der Waals surface area contributed by atoms with Gasteiger partial charge in [0, 0.05) is 18.6 Å². The Balaban J connectivity index is 2.33. The molecule has 2 aliphatic rings. The Morgan fingerprint density at radius 2 is 2.00 bits per heavy atom. The second kappa shape index (κ2) is 3.01. The molecule has 0 aromatic heterocycles. The molecule has 2 nitrogen and oxygen atoms in total. The highest BCUT2D eigenvalue weighted by molar-refractivity contribution is 7.63. The van der Waals surface area contributed by atoms with Gasteiger partial charge in [-0.25, -0.2) is 0 Å². The van der Waals surface area contributed by atoms with Crippen LogP contribution in [0.5, 0.6) is 0 Å². The van der Waals surface area contributed by atoms with Gasteiger partial charge >= 0.3 is 0 Å². The van der Waals surface area contributed by atoms with Crippen molar-refractivity contribution in [2.45, 2.75) is 32.1 Å². The lowest BCUT2D eigenvalue weighted by atomic mass is 9.98. The van der Waals surface area contributed by atoms with Crippen molar-refractivity contribution in [3.8, 4) is 0 Å². The molecule has 0 N–H and O–H groups in total. The lowest BCUT2D eigenvalue weighted by molar-refractivity contribution is 0.400. The minimum absolute atomic E-state index is 0.772. The molecule has 0 saturated carbocycles. The first-order valence-corrected chi connectivity index (χ1v) is 6.43. The number of hydrogen-bond acceptors (Lipinski definition) is 2. The summed E-state index contributed by atoms with van der Waals surface area (Å²) in [6.45, 7) is 0. The Labute approximate surface area is 73.4 Å². The van der Waals surface area contributed by atoms with Gasteiger partial charge in [0.1, 0.15) is 0 Å². The van der Waals surface area contributed by atoms with Crippen molar-refractivity contribution in [3.05, 3.63) is 10.9 Å². The van der Waals surface area contributed by atoms with Gasteiger partial charge in [-0.2, -0.15) is 0 Å². The topological polar surface area (TPSA) is 26.3 Å². The third-order valence-corrected chi connectivity index (χ3v) is 5.73. The molecule has 0 spiro atoms. The molecule has 3 heteroatoms. The van der Waals surface area contributed by atoms with Crippen LogP contribution in [0.1, 0.15) is 32.1 Å². The predicted octanol–water partition coefficient (Wildman–Crippen LogP) is 3.14. The first kappa shape index (κ1) is 8.52. The molecule has 0 aromatic carbocycles. The van der Waals surface area contributed by atoms with Crippen LogP contribution in [0.25, 0.3) is 0 Å². The molecule has 1 unspecified atom stereocenters. The molecule has 0 bridgehead atoms. The first-order chi connectivity index (χ1) is 5.76. The van der Waals surface area contributed by atoms with Crippen LogP contribution in [0.2, 0.25) is 0 Å². The Morgan fingerprint density at radius 1 is 1.25 bits per heavy atom. The van der Waals surface area contributed by atoms with Crippen molar-refractivity contribution in [2.75, 3.05) is 13.3 Å². The molecule has 1 heterocycles. The van der Waals surface area contributed by atoms with Gasteiger partial charge < -0.3 is 4.52 Å². The van der Waals surface area contributed by atoms with Gasteiger partial charge in [0.05, 0.1) is 0 Å². The fourth-order valence-corrected chi connectivity index (χ4v) is 4.69. The van der Waals surface area contributed by atoms with Gasteiger partial charge in [-0.3, -0.25) is 4.57 Å². The van der Waals surface area contributed by atoms with Crippen LogP contribution in [-0.2, 0) is 9.09 Å². The molecule has 1 atom stereocenters. The minimum atomic E-state index is -2.30. The fraction of sp³-hybridized carbons (Fsp3) is 0.778. The van der Waals surface area contributed by atoms with E-state index in [1.807, 2.05) is 0 Å². The summed E-state index contributed by atoms with van der Waals surface area (Å²) in [6, 6.07) is 0. The smallest absolute Gasteiger partial charge is 0.228 e. The summed E-state index contributed by atoms with van der Waals surface area (Å²) in [5.41, 5.74) is 1.45. The van der Waals surface area contributed by atoms with Gasteiger partial charge in [0.15, 0.2) is 0 Å². The van der Waals surface area contributed by atoms with E-state index in [1.54, 1.807) is 7.11 Å². The molecular formula is C9H15O2P. The fourth-order valence-electron chi connectivity index (χ4n) is 2.25. The maximum absolute atomic E-state index is 12.1. The third kappa shape index (κ3) is 1.18. The number of rotatable bonds is 1. The van der Waals surface area contributed by atoms with E-state index < -0.39 is 7.37 Å². The van der Waals surface area contributed by atoms with Gasteiger partial charge in [0.2, 0.25) is 7.37 Å². The van der Waals surface area contributed by atoms with Crippen molar-refractivity contribution in [3.63, 3.8) is 0 Å². The van der Waals surface area contributed by atoms with Crippen LogP contribution in [0, 0.1) is 0 Å². The van der Waals surface area contributed by atoms with Gasteiger partial charge in [-0.1, -0.05) is 5.57 Å². The van der Waals surface area contributed by atoms with E-state index in [2.05, 4.69) is 0 Å². The Kier molecular flexibility index (Phi) is 2.14. The molecule has 1 aliphatic carbocycles. The van der Waals surface area contributed by atoms with E-state index in [9.17, 15) is 4.57 Å². The van der Waals surface area contributed by atoms with E-state index in [1.165, 1.54) is 30.1 Å². The average Bonchev–Trinajstić information content (AvgIpc) is 2.46. The van der Waals surface area contributed by atoms with Gasteiger partial charge in [-0.15, -0.1) is 0 Å². The van der Waals surface area contributed by atoms with Crippen LogP contribution in [0.4, 0.5) is 0 Å². The minimum Gasteiger partial charge on any atom is -0.329 e. The summed E-state index contributed by atoms with van der Waals surface area (Å²) in [4.78, 5) is 0. The molecule has 0 fully saturated rings. The van der Waals surface area contributed by atoms with Crippen molar-refractivity contribution in [1.82, 2.24) is 0 Å². The molecular weight excluding hydrogens is 171 g/mol. The monoisotopic (exact) mass is 186 g/mol. The van der Waals surface area contributed by atoms with Crippen molar-refractivity contribution < 1.29 is 9.09 Å². The Morgan fingerprint density at radius 3 is 2.75 bits per heavy atom. The summed E-state index contributed by atoms with van der Waals surface area (Å²) >= 11 is 0. The quantitative estimate of drug-likeness (QED) is 0.588. The summed E-state index contributed by atoms with van der Waals surface area (Å²) in [6.07, 6.45) is 6.48. The van der Waals surface area contributed by atoms with Gasteiger partial charge in [0.25, 0.3) is 0 Å². The summed E-state index contributed by atoms with van der Waals surface area (Å²) in [7, 11) is -0.714. The molecule has 0 amide bonds. The highest BCUT2D eigenvalue weighted by Gasteiger charge is 2.36. The molecule has 0 radical (unpaired) electrons. The zero-order valence-electron chi connectivity index (χ0n) is 7.51. The predicted molar refractivity (Wildman–Crippen MR) is 49.6 cm³/mol. The molecule has 0 aromatic rings. The third-order valence-electron chi connectivity index (χ3n) is 2.96. The van der Waals surface area contributed by atoms with E-state index in [-0.39, 0.29) is 0 Å². The lowest BCUT2D eigenvalue weighted by Crippen LogP contribution is -1.94. The van der Waals surface area contributed by atoms with E-state index in [0.29, 0.717) is 0 Å². The van der Waals surface area contributed by atoms with Crippen LogP contribution in [0.15, 0.2) is 10.9 Å². The van der Waals surface area contributed by atoms with Gasteiger partial charge in [-0.05, 0) is 32.1 Å². The Bertz CT molecular complexity index is 268. The van der Waals surface area contributed by atoms with E-state index in [0.717, 1.165) is 19.0 Å². The van der Waals surface area contributed by atoms with Crippen LogP contribution in [-0.4, -0.2) is 13.3 Å². The van der Waals surface area contributed by atoms with Crippen molar-refractivity contribution >= 4 is 7.37 Å². The van der Waals surface area contributed by atoms with Crippen molar-refractivity contribution in [1.29, 1.82) is 0 Å². The average molecular weight is 186 g/mol. The van der Waals surface area contributed by atoms with Crippen LogP contribution in [0.3, 0.4) is 0 Å². The van der Waals surface area contributed by atoms with Crippen molar-refractivity contribution in [2.24, 2.45) is 0 Å². The second-order valence-corrected chi connectivity index (χ2v) is 6.29. The zero-order chi connectivity index (χ0) is 8.60. The summed E-state index contributed by atoms with van der Waals surface area (Å²) in [5, 5.41) is 1.19. The Hall–Kier alpha value is -0.0700. The number of allylic oxidation sites excluding steroid dienone is 2. The maximum atomic E-state index is 12.1. The van der Waals surface area contributed by atoms with Crippen LogP contribution < -0.4 is 0 Å². The van der Waals surface area contributed by atoms with E-state index in [4.69, 9.17) is 4.52 Å². The number of hydrogen-bond donors (Lipinski definition) is 0.